The first-order valence-corrected chi connectivity index (χ1v) is 7.70. The summed E-state index contributed by atoms with van der Waals surface area (Å²) in [6.07, 6.45) is 5.19. The third-order valence-electron chi connectivity index (χ3n) is 2.82. The molecule has 0 atom stereocenters. The van der Waals surface area contributed by atoms with Gasteiger partial charge in [-0.15, -0.1) is 0 Å². The van der Waals surface area contributed by atoms with Gasteiger partial charge in [-0.05, 0) is 79.6 Å². The minimum absolute atomic E-state index is 0.0151. The van der Waals surface area contributed by atoms with Crippen molar-refractivity contribution in [1.82, 2.24) is 4.90 Å². The minimum Gasteiger partial charge on any atom is -0.488 e. The van der Waals surface area contributed by atoms with E-state index in [0.717, 1.165) is 18.6 Å². The van der Waals surface area contributed by atoms with Crippen LogP contribution in [-0.2, 0) is 4.79 Å². The molecule has 0 fully saturated rings. The fourth-order valence-corrected chi connectivity index (χ4v) is 2.00. The second-order valence-corrected chi connectivity index (χ2v) is 6.74. The highest BCUT2D eigenvalue weighted by atomic mass is 127. The van der Waals surface area contributed by atoms with Crippen LogP contribution in [0.5, 0.6) is 5.75 Å². The number of allylic oxidation sites excluding steroid dienone is 1. The largest absolute Gasteiger partial charge is 0.488 e. The molecular formula is C16H22INO2. The molecular weight excluding hydrogens is 365 g/mol. The summed E-state index contributed by atoms with van der Waals surface area (Å²) in [4.78, 5) is 13.0. The molecule has 0 unspecified atom stereocenters. The Bertz CT molecular complexity index is 464. The van der Waals surface area contributed by atoms with Crippen molar-refractivity contribution < 1.29 is 9.53 Å². The van der Waals surface area contributed by atoms with E-state index in [1.165, 1.54) is 3.57 Å². The lowest BCUT2D eigenvalue weighted by molar-refractivity contribution is -0.123. The number of nitrogens with zero attached hydrogens (tertiary/aromatic N) is 1. The molecule has 1 amide bonds. The lowest BCUT2D eigenvalue weighted by Gasteiger charge is -2.26. The van der Waals surface area contributed by atoms with Gasteiger partial charge in [-0.3, -0.25) is 4.79 Å². The number of amides is 1. The number of rotatable bonds is 6. The molecule has 0 aliphatic carbocycles. The van der Waals surface area contributed by atoms with Gasteiger partial charge in [0, 0.05) is 17.7 Å². The van der Waals surface area contributed by atoms with Gasteiger partial charge in [0.2, 0.25) is 5.91 Å². The number of carbonyl (C=O) groups is 1. The third kappa shape index (κ3) is 6.41. The van der Waals surface area contributed by atoms with Crippen LogP contribution in [0.3, 0.4) is 0 Å². The second-order valence-electron chi connectivity index (χ2n) is 5.49. The van der Waals surface area contributed by atoms with E-state index in [9.17, 15) is 4.79 Å². The zero-order chi connectivity index (χ0) is 15.2. The Morgan fingerprint density at radius 3 is 2.45 bits per heavy atom. The van der Waals surface area contributed by atoms with Crippen LogP contribution in [0.4, 0.5) is 0 Å². The van der Waals surface area contributed by atoms with E-state index in [1.54, 1.807) is 25.1 Å². The molecule has 0 aliphatic heterocycles. The topological polar surface area (TPSA) is 29.5 Å². The van der Waals surface area contributed by atoms with Crippen molar-refractivity contribution in [1.29, 1.82) is 0 Å². The monoisotopic (exact) mass is 387 g/mol. The van der Waals surface area contributed by atoms with Gasteiger partial charge < -0.3 is 9.64 Å². The maximum Gasteiger partial charge on any atom is 0.245 e. The van der Waals surface area contributed by atoms with Crippen molar-refractivity contribution in [3.05, 3.63) is 40.0 Å². The van der Waals surface area contributed by atoms with Crippen LogP contribution in [0.15, 0.2) is 36.4 Å². The number of ether oxygens (including phenoxy) is 1. The molecule has 4 heteroatoms. The van der Waals surface area contributed by atoms with Crippen LogP contribution >= 0.6 is 22.6 Å². The zero-order valence-corrected chi connectivity index (χ0v) is 14.7. The Balaban J connectivity index is 2.45. The molecule has 1 aromatic carbocycles. The zero-order valence-electron chi connectivity index (χ0n) is 12.5. The highest BCUT2D eigenvalue weighted by Gasteiger charge is 2.18. The molecule has 0 saturated carbocycles. The molecule has 110 valence electrons. The third-order valence-corrected chi connectivity index (χ3v) is 3.54. The van der Waals surface area contributed by atoms with Crippen molar-refractivity contribution in [2.45, 2.75) is 32.3 Å². The van der Waals surface area contributed by atoms with Crippen molar-refractivity contribution in [2.24, 2.45) is 0 Å². The average molecular weight is 387 g/mol. The van der Waals surface area contributed by atoms with Gasteiger partial charge in [-0.2, -0.15) is 0 Å². The fourth-order valence-electron chi connectivity index (χ4n) is 1.64. The number of likely N-dealkylation sites (N-methyl/N-ethyl adjacent to an activating group) is 1. The summed E-state index contributed by atoms with van der Waals surface area (Å²) >= 11 is 2.27. The van der Waals surface area contributed by atoms with E-state index in [0.29, 0.717) is 0 Å². The van der Waals surface area contributed by atoms with E-state index in [2.05, 4.69) is 36.4 Å². The Hall–Kier alpha value is -1.04. The van der Waals surface area contributed by atoms with Crippen molar-refractivity contribution in [3.8, 4) is 5.75 Å². The van der Waals surface area contributed by atoms with Crippen LogP contribution < -0.4 is 4.74 Å². The summed E-state index contributed by atoms with van der Waals surface area (Å²) < 4.78 is 7.17. The molecule has 0 saturated heterocycles. The Kier molecular flexibility index (Phi) is 6.52. The average Bonchev–Trinajstić information content (AvgIpc) is 2.37. The van der Waals surface area contributed by atoms with E-state index >= 15 is 0 Å². The highest BCUT2D eigenvalue weighted by Crippen LogP contribution is 2.23. The Labute approximate surface area is 135 Å². The number of halogens is 1. The SMILES string of the molecule is CN(C)C(=O)/C=C/CCC(C)(C)Oc1ccc(I)cc1. The first kappa shape index (κ1) is 17.0. The molecule has 0 spiro atoms. The quantitative estimate of drug-likeness (QED) is 0.548. The van der Waals surface area contributed by atoms with Gasteiger partial charge in [0.1, 0.15) is 11.4 Å². The highest BCUT2D eigenvalue weighted by molar-refractivity contribution is 14.1. The van der Waals surface area contributed by atoms with Crippen molar-refractivity contribution >= 4 is 28.5 Å². The van der Waals surface area contributed by atoms with Crippen molar-refractivity contribution in [3.63, 3.8) is 0 Å². The first-order valence-electron chi connectivity index (χ1n) is 6.62. The summed E-state index contributed by atoms with van der Waals surface area (Å²) in [5, 5.41) is 0. The van der Waals surface area contributed by atoms with E-state index < -0.39 is 0 Å². The van der Waals surface area contributed by atoms with Gasteiger partial charge >= 0.3 is 0 Å². The predicted octanol–water partition coefficient (Wildman–Crippen LogP) is 3.87. The van der Waals surface area contributed by atoms with E-state index in [-0.39, 0.29) is 11.5 Å². The molecule has 1 aromatic rings. The van der Waals surface area contributed by atoms with E-state index in [4.69, 9.17) is 4.74 Å². The van der Waals surface area contributed by atoms with Gasteiger partial charge in [-0.25, -0.2) is 0 Å². The maximum atomic E-state index is 11.4. The maximum absolute atomic E-state index is 11.4. The first-order chi connectivity index (χ1) is 9.30. The van der Waals surface area contributed by atoms with E-state index in [1.807, 2.05) is 30.3 Å². The smallest absolute Gasteiger partial charge is 0.245 e. The van der Waals surface area contributed by atoms with Crippen LogP contribution in [0, 0.1) is 3.57 Å². The van der Waals surface area contributed by atoms with Crippen LogP contribution in [0.25, 0.3) is 0 Å². The molecule has 3 nitrogen and oxygen atoms in total. The summed E-state index contributed by atoms with van der Waals surface area (Å²) in [5.41, 5.74) is -0.252. The molecule has 0 N–H and O–H groups in total. The van der Waals surface area contributed by atoms with Gasteiger partial charge in [0.05, 0.1) is 0 Å². The number of hydrogen-bond donors (Lipinski definition) is 0. The van der Waals surface area contributed by atoms with Crippen LogP contribution in [0.1, 0.15) is 26.7 Å². The summed E-state index contributed by atoms with van der Waals surface area (Å²) in [6, 6.07) is 8.02. The number of hydrogen-bond acceptors (Lipinski definition) is 2. The van der Waals surface area contributed by atoms with Crippen LogP contribution in [-0.4, -0.2) is 30.5 Å². The lowest BCUT2D eigenvalue weighted by atomic mass is 10.0. The number of carbonyl (C=O) groups excluding carboxylic acids is 1. The standard InChI is InChI=1S/C16H22INO2/c1-16(2,12-6-5-7-15(19)18(3)4)20-14-10-8-13(17)9-11-14/h5,7-11H,6,12H2,1-4H3/b7-5+. The Morgan fingerprint density at radius 1 is 1.30 bits per heavy atom. The van der Waals surface area contributed by atoms with Gasteiger partial charge in [-0.1, -0.05) is 6.08 Å². The predicted molar refractivity (Wildman–Crippen MR) is 90.9 cm³/mol. The molecule has 1 rings (SSSR count). The molecule has 0 aliphatic rings. The fraction of sp³-hybridized carbons (Fsp3) is 0.438. The molecule has 0 heterocycles. The second kappa shape index (κ2) is 7.67. The summed E-state index contributed by atoms with van der Waals surface area (Å²) in [6.45, 7) is 4.12. The summed E-state index contributed by atoms with van der Waals surface area (Å²) in [5.74, 6) is 0.894. The molecule has 0 radical (unpaired) electrons. The molecule has 0 aromatic heterocycles. The minimum atomic E-state index is -0.252. The summed E-state index contributed by atoms with van der Waals surface area (Å²) in [7, 11) is 3.49. The number of benzene rings is 1. The Morgan fingerprint density at radius 2 is 1.90 bits per heavy atom. The normalized spacial score (nSPS) is 11.7. The lowest BCUT2D eigenvalue weighted by Crippen LogP contribution is -2.27. The van der Waals surface area contributed by atoms with Crippen LogP contribution in [0.2, 0.25) is 0 Å². The van der Waals surface area contributed by atoms with Gasteiger partial charge in [0.25, 0.3) is 0 Å². The molecule has 20 heavy (non-hydrogen) atoms. The van der Waals surface area contributed by atoms with Crippen molar-refractivity contribution in [2.75, 3.05) is 14.1 Å². The molecule has 0 bridgehead atoms. The van der Waals surface area contributed by atoms with Gasteiger partial charge in [0.15, 0.2) is 0 Å².